The van der Waals surface area contributed by atoms with Crippen LogP contribution in [0.15, 0.2) is 28.5 Å². The molecule has 0 amide bonds. The predicted octanol–water partition coefficient (Wildman–Crippen LogP) is 3.58. The summed E-state index contributed by atoms with van der Waals surface area (Å²) in [6.07, 6.45) is 0. The molecule has 2 aromatic rings. The van der Waals surface area contributed by atoms with E-state index in [-0.39, 0.29) is 0 Å². The van der Waals surface area contributed by atoms with E-state index in [1.54, 1.807) is 6.92 Å². The lowest BCUT2D eigenvalue weighted by atomic mass is 10.2. The summed E-state index contributed by atoms with van der Waals surface area (Å²) in [5, 5.41) is 0.781. The van der Waals surface area contributed by atoms with Gasteiger partial charge in [0.15, 0.2) is 5.69 Å². The van der Waals surface area contributed by atoms with Gasteiger partial charge in [0.25, 0.3) is 0 Å². The number of carbonyl (C=O) groups is 1. The Balaban J connectivity index is 2.34. The van der Waals surface area contributed by atoms with Crippen molar-refractivity contribution in [2.45, 2.75) is 18.1 Å². The smallest absolute Gasteiger partial charge is 0.359 e. The Morgan fingerprint density at radius 1 is 1.39 bits per heavy atom. The molecule has 1 aromatic carbocycles. The number of nitrogens with zero attached hydrogens (tertiary/aromatic N) is 1. The van der Waals surface area contributed by atoms with E-state index in [1.165, 1.54) is 16.9 Å². The van der Waals surface area contributed by atoms with Crippen LogP contribution in [0.1, 0.15) is 23.0 Å². The van der Waals surface area contributed by atoms with Gasteiger partial charge in [-0.3, -0.25) is 0 Å². The summed E-state index contributed by atoms with van der Waals surface area (Å²) >= 11 is 5.66. The highest BCUT2D eigenvalue weighted by Crippen LogP contribution is 2.31. The van der Waals surface area contributed by atoms with Crippen molar-refractivity contribution in [3.8, 4) is 10.6 Å². The molecule has 0 radical (unpaired) electrons. The van der Waals surface area contributed by atoms with Crippen molar-refractivity contribution in [3.63, 3.8) is 0 Å². The molecule has 0 aliphatic carbocycles. The van der Waals surface area contributed by atoms with Gasteiger partial charge in [-0.2, -0.15) is 0 Å². The Labute approximate surface area is 115 Å². The molecule has 0 bridgehead atoms. The molecule has 0 saturated heterocycles. The Morgan fingerprint density at radius 3 is 2.67 bits per heavy atom. The summed E-state index contributed by atoms with van der Waals surface area (Å²) in [6, 6.07) is 7.99. The molecule has 0 spiro atoms. The zero-order valence-corrected chi connectivity index (χ0v) is 11.8. The fourth-order valence-electron chi connectivity index (χ4n) is 1.46. The second kappa shape index (κ2) is 5.54. The van der Waals surface area contributed by atoms with Gasteiger partial charge in [0.1, 0.15) is 5.01 Å². The molecule has 0 unspecified atom stereocenters. The maximum atomic E-state index is 11.6. The Bertz CT molecular complexity index is 561. The second-order valence-corrected chi connectivity index (χ2v) is 5.51. The number of esters is 1. The van der Waals surface area contributed by atoms with Crippen molar-refractivity contribution in [1.82, 2.24) is 4.98 Å². The van der Waals surface area contributed by atoms with E-state index in [2.05, 4.69) is 17.6 Å². The highest BCUT2D eigenvalue weighted by Gasteiger charge is 2.17. The zero-order valence-electron chi connectivity index (χ0n) is 10.1. The molecule has 3 nitrogen and oxygen atoms in total. The van der Waals surface area contributed by atoms with Crippen LogP contribution in [-0.4, -0.2) is 17.6 Å². The normalized spacial score (nSPS) is 10.4. The molecule has 2 rings (SSSR count). The van der Waals surface area contributed by atoms with Crippen molar-refractivity contribution in [2.75, 3.05) is 6.61 Å². The van der Waals surface area contributed by atoms with Gasteiger partial charge >= 0.3 is 5.97 Å². The zero-order chi connectivity index (χ0) is 13.1. The van der Waals surface area contributed by atoms with Gasteiger partial charge in [-0.05, 0) is 13.8 Å². The largest absolute Gasteiger partial charge is 0.461 e. The average Bonchev–Trinajstić information content (AvgIpc) is 2.72. The van der Waals surface area contributed by atoms with Crippen LogP contribution in [0, 0.1) is 6.92 Å². The van der Waals surface area contributed by atoms with Crippen LogP contribution >= 0.6 is 24.0 Å². The van der Waals surface area contributed by atoms with Crippen LogP contribution in [0.3, 0.4) is 0 Å². The first kappa shape index (κ1) is 13.1. The molecule has 1 heterocycles. The van der Waals surface area contributed by atoms with E-state index in [0.29, 0.717) is 16.5 Å². The minimum Gasteiger partial charge on any atom is -0.461 e. The van der Waals surface area contributed by atoms with Gasteiger partial charge in [-0.15, -0.1) is 24.0 Å². The predicted molar refractivity (Wildman–Crippen MR) is 75.5 cm³/mol. The fourth-order valence-corrected chi connectivity index (χ4v) is 2.66. The number of aromatic nitrogens is 1. The van der Waals surface area contributed by atoms with Gasteiger partial charge in [0.05, 0.1) is 10.8 Å². The Morgan fingerprint density at radius 2 is 2.06 bits per heavy atom. The summed E-state index contributed by atoms with van der Waals surface area (Å²) in [4.78, 5) is 15.9. The lowest BCUT2D eigenvalue weighted by Gasteiger charge is -1.98. The molecule has 0 N–H and O–H groups in total. The molecule has 0 aliphatic heterocycles. The number of thiazole rings is 1. The minimum atomic E-state index is -0.419. The van der Waals surface area contributed by atoms with E-state index < -0.39 is 5.97 Å². The number of aryl methyl sites for hydroxylation is 1. The number of carbonyl (C=O) groups excluding carboxylic acids is 1. The van der Waals surface area contributed by atoms with Gasteiger partial charge in [-0.1, -0.05) is 29.8 Å². The third-order valence-corrected chi connectivity index (χ3v) is 3.77. The van der Waals surface area contributed by atoms with Gasteiger partial charge in [0, 0.05) is 5.56 Å². The van der Waals surface area contributed by atoms with Crippen LogP contribution in [0.5, 0.6) is 0 Å². The van der Waals surface area contributed by atoms with Crippen LogP contribution in [-0.2, 0) is 4.74 Å². The van der Waals surface area contributed by atoms with E-state index >= 15 is 0 Å². The van der Waals surface area contributed by atoms with Crippen LogP contribution in [0.25, 0.3) is 10.6 Å². The standard InChI is InChI=1S/C13H13NO2S2/c1-3-16-12(15)10-13(17)18-11(14-10)9-6-4-8(2)5-7-9/h4-7,17H,3H2,1-2H3. The molecule has 5 heteroatoms. The summed E-state index contributed by atoms with van der Waals surface area (Å²) in [6.45, 7) is 4.13. The summed E-state index contributed by atoms with van der Waals surface area (Å²) in [5.41, 5.74) is 2.46. The second-order valence-electron chi connectivity index (χ2n) is 3.76. The van der Waals surface area contributed by atoms with Crippen LogP contribution < -0.4 is 0 Å². The molecule has 0 fully saturated rings. The molecule has 0 aliphatic rings. The molecule has 0 saturated carbocycles. The van der Waals surface area contributed by atoms with Gasteiger partial charge in [0.2, 0.25) is 0 Å². The highest BCUT2D eigenvalue weighted by atomic mass is 32.2. The minimum absolute atomic E-state index is 0.292. The maximum absolute atomic E-state index is 11.6. The number of ether oxygens (including phenoxy) is 1. The quantitative estimate of drug-likeness (QED) is 0.689. The first-order valence-corrected chi connectivity index (χ1v) is 6.82. The van der Waals surface area contributed by atoms with Crippen molar-refractivity contribution in [2.24, 2.45) is 0 Å². The summed E-state index contributed by atoms with van der Waals surface area (Å²) in [7, 11) is 0. The first-order valence-electron chi connectivity index (χ1n) is 5.55. The van der Waals surface area contributed by atoms with E-state index in [0.717, 1.165) is 10.6 Å². The SMILES string of the molecule is CCOC(=O)c1nc(-c2ccc(C)cc2)sc1S. The van der Waals surface area contributed by atoms with E-state index in [4.69, 9.17) is 4.74 Å². The van der Waals surface area contributed by atoms with E-state index in [9.17, 15) is 4.79 Å². The average molecular weight is 279 g/mol. The third-order valence-electron chi connectivity index (χ3n) is 2.38. The van der Waals surface area contributed by atoms with Crippen LogP contribution in [0.4, 0.5) is 0 Å². The first-order chi connectivity index (χ1) is 8.61. The number of hydrogen-bond acceptors (Lipinski definition) is 5. The fraction of sp³-hybridized carbons (Fsp3) is 0.231. The highest BCUT2D eigenvalue weighted by molar-refractivity contribution is 7.83. The van der Waals surface area contributed by atoms with Gasteiger partial charge < -0.3 is 4.74 Å². The lowest BCUT2D eigenvalue weighted by Crippen LogP contribution is -2.05. The van der Waals surface area contributed by atoms with Crippen molar-refractivity contribution in [3.05, 3.63) is 35.5 Å². The molecule has 1 aromatic heterocycles. The molecular weight excluding hydrogens is 266 g/mol. The van der Waals surface area contributed by atoms with Crippen molar-refractivity contribution < 1.29 is 9.53 Å². The number of rotatable bonds is 3. The maximum Gasteiger partial charge on any atom is 0.359 e. The topological polar surface area (TPSA) is 39.2 Å². The number of thiol groups is 1. The molecule has 0 atom stereocenters. The van der Waals surface area contributed by atoms with Crippen LogP contribution in [0.2, 0.25) is 0 Å². The third kappa shape index (κ3) is 2.73. The number of hydrogen-bond donors (Lipinski definition) is 1. The monoisotopic (exact) mass is 279 g/mol. The van der Waals surface area contributed by atoms with Gasteiger partial charge in [-0.25, -0.2) is 9.78 Å². The molecule has 18 heavy (non-hydrogen) atoms. The lowest BCUT2D eigenvalue weighted by molar-refractivity contribution is 0.0516. The summed E-state index contributed by atoms with van der Waals surface area (Å²) < 4.78 is 5.52. The number of benzene rings is 1. The van der Waals surface area contributed by atoms with Crippen molar-refractivity contribution >= 4 is 29.9 Å². The van der Waals surface area contributed by atoms with E-state index in [1.807, 2.05) is 31.2 Å². The van der Waals surface area contributed by atoms with Crippen molar-refractivity contribution in [1.29, 1.82) is 0 Å². The molecule has 94 valence electrons. The Hall–Kier alpha value is -1.33. The summed E-state index contributed by atoms with van der Waals surface area (Å²) in [5.74, 6) is -0.419. The Kier molecular flexibility index (Phi) is 4.04. The molecular formula is C13H13NO2S2.